The molecule has 5 nitrogen and oxygen atoms in total. The Kier molecular flexibility index (Phi) is 17.9. The molecule has 0 amide bonds. The van der Waals surface area contributed by atoms with E-state index in [1.54, 1.807) is 20.8 Å². The first-order valence-electron chi connectivity index (χ1n) is 11.6. The maximum absolute atomic E-state index is 11.6. The first-order chi connectivity index (χ1) is 13.3. The van der Waals surface area contributed by atoms with Crippen LogP contribution >= 0.6 is 7.82 Å². The third kappa shape index (κ3) is 22.4. The highest BCUT2D eigenvalue weighted by Crippen LogP contribution is 2.47. The third-order valence-corrected chi connectivity index (χ3v) is 5.69. The molecule has 0 aliphatic carbocycles. The lowest BCUT2D eigenvalue weighted by molar-refractivity contribution is -0.228. The van der Waals surface area contributed by atoms with Gasteiger partial charge in [-0.3, -0.25) is 4.52 Å². The standard InChI is InChI=1S/C22H47O5P/c1-5-6-7-8-9-10-11-12-13-14-15-16-17-18-19-20-21-25-27-28(23,24)26-22(2,3)4/h5-21H2,1-4H3,(H,23,24). The molecule has 0 saturated heterocycles. The Labute approximate surface area is 174 Å². The second-order valence-corrected chi connectivity index (χ2v) is 10.1. The van der Waals surface area contributed by atoms with Gasteiger partial charge < -0.3 is 4.89 Å². The summed E-state index contributed by atoms with van der Waals surface area (Å²) in [6.07, 6.45) is 21.0. The molecule has 6 heteroatoms. The Bertz CT molecular complexity index is 382. The number of phosphoric ester groups is 1. The topological polar surface area (TPSA) is 65.0 Å². The highest BCUT2D eigenvalue weighted by molar-refractivity contribution is 7.47. The molecule has 0 saturated carbocycles. The van der Waals surface area contributed by atoms with Gasteiger partial charge >= 0.3 is 7.82 Å². The van der Waals surface area contributed by atoms with Gasteiger partial charge in [0.2, 0.25) is 0 Å². The van der Waals surface area contributed by atoms with Crippen molar-refractivity contribution in [2.75, 3.05) is 6.61 Å². The lowest BCUT2D eigenvalue weighted by atomic mass is 10.0. The van der Waals surface area contributed by atoms with Crippen LogP contribution in [0.2, 0.25) is 0 Å². The van der Waals surface area contributed by atoms with Gasteiger partial charge in [-0.15, -0.1) is 4.67 Å². The van der Waals surface area contributed by atoms with E-state index in [0.29, 0.717) is 6.61 Å². The van der Waals surface area contributed by atoms with E-state index >= 15 is 0 Å². The quantitative estimate of drug-likeness (QED) is 0.0929. The van der Waals surface area contributed by atoms with E-state index < -0.39 is 13.4 Å². The molecule has 0 radical (unpaired) electrons. The van der Waals surface area contributed by atoms with Crippen LogP contribution in [-0.2, 0) is 18.7 Å². The molecule has 0 aromatic heterocycles. The Morgan fingerprint density at radius 2 is 1.04 bits per heavy atom. The van der Waals surface area contributed by atoms with Crippen LogP contribution in [0.3, 0.4) is 0 Å². The van der Waals surface area contributed by atoms with Gasteiger partial charge in [0, 0.05) is 0 Å². The molecule has 28 heavy (non-hydrogen) atoms. The molecule has 0 aromatic carbocycles. The van der Waals surface area contributed by atoms with Crippen molar-refractivity contribution < 1.29 is 23.5 Å². The summed E-state index contributed by atoms with van der Waals surface area (Å²) in [6, 6.07) is 0. The van der Waals surface area contributed by atoms with Crippen molar-refractivity contribution in [1.29, 1.82) is 0 Å². The van der Waals surface area contributed by atoms with E-state index in [9.17, 15) is 9.46 Å². The highest BCUT2D eigenvalue weighted by Gasteiger charge is 2.29. The van der Waals surface area contributed by atoms with Crippen LogP contribution in [0, 0.1) is 0 Å². The van der Waals surface area contributed by atoms with E-state index in [1.807, 2.05) is 0 Å². The van der Waals surface area contributed by atoms with Gasteiger partial charge in [-0.25, -0.2) is 9.45 Å². The van der Waals surface area contributed by atoms with E-state index in [-0.39, 0.29) is 0 Å². The number of hydrogen-bond acceptors (Lipinski definition) is 4. The summed E-state index contributed by atoms with van der Waals surface area (Å²) < 4.78 is 21.0. The zero-order chi connectivity index (χ0) is 21.1. The number of phosphoric acid groups is 1. The van der Waals surface area contributed by atoms with Crippen molar-refractivity contribution in [2.24, 2.45) is 0 Å². The smallest absolute Gasteiger partial charge is 0.301 e. The van der Waals surface area contributed by atoms with Crippen molar-refractivity contribution in [3.8, 4) is 0 Å². The lowest BCUT2D eigenvalue weighted by Crippen LogP contribution is -2.18. The summed E-state index contributed by atoms with van der Waals surface area (Å²) in [5.74, 6) is 0. The molecular weight excluding hydrogens is 375 g/mol. The Morgan fingerprint density at radius 3 is 1.39 bits per heavy atom. The molecule has 0 spiro atoms. The molecular formula is C22H47O5P. The van der Waals surface area contributed by atoms with E-state index in [1.165, 1.54) is 89.9 Å². The maximum Gasteiger partial charge on any atom is 0.500 e. The lowest BCUT2D eigenvalue weighted by Gasteiger charge is -2.21. The van der Waals surface area contributed by atoms with Crippen molar-refractivity contribution >= 4 is 7.82 Å². The van der Waals surface area contributed by atoms with Gasteiger partial charge in [-0.05, 0) is 27.2 Å². The van der Waals surface area contributed by atoms with Crippen LogP contribution in [0.4, 0.5) is 0 Å². The van der Waals surface area contributed by atoms with Gasteiger partial charge in [0.25, 0.3) is 0 Å². The van der Waals surface area contributed by atoms with Gasteiger partial charge in [-0.1, -0.05) is 103 Å². The summed E-state index contributed by atoms with van der Waals surface area (Å²) in [4.78, 5) is 14.3. The molecule has 1 N–H and O–H groups in total. The fraction of sp³-hybridized carbons (Fsp3) is 1.00. The zero-order valence-electron chi connectivity index (χ0n) is 19.0. The van der Waals surface area contributed by atoms with Crippen LogP contribution in [0.15, 0.2) is 0 Å². The van der Waals surface area contributed by atoms with E-state index in [4.69, 9.17) is 9.41 Å². The SMILES string of the molecule is CCCCCCCCCCCCCCCCCCOOP(=O)(O)OC(C)(C)C. The summed E-state index contributed by atoms with van der Waals surface area (Å²) in [7, 11) is -4.13. The average Bonchev–Trinajstić information content (AvgIpc) is 2.58. The van der Waals surface area contributed by atoms with Crippen molar-refractivity contribution in [1.82, 2.24) is 0 Å². The fourth-order valence-corrected chi connectivity index (χ4v) is 4.10. The number of unbranched alkanes of at least 4 members (excludes halogenated alkanes) is 15. The third-order valence-electron chi connectivity index (χ3n) is 4.62. The minimum atomic E-state index is -4.13. The van der Waals surface area contributed by atoms with Crippen LogP contribution in [0.1, 0.15) is 130 Å². The van der Waals surface area contributed by atoms with Crippen LogP contribution in [0.5, 0.6) is 0 Å². The molecule has 0 heterocycles. The van der Waals surface area contributed by atoms with Gasteiger partial charge in [0.05, 0.1) is 12.2 Å². The van der Waals surface area contributed by atoms with E-state index in [2.05, 4.69) is 11.6 Å². The first-order valence-corrected chi connectivity index (χ1v) is 13.1. The zero-order valence-corrected chi connectivity index (χ0v) is 19.9. The van der Waals surface area contributed by atoms with Gasteiger partial charge in [0.1, 0.15) is 0 Å². The average molecular weight is 423 g/mol. The Morgan fingerprint density at radius 1 is 0.679 bits per heavy atom. The number of hydrogen-bond donors (Lipinski definition) is 1. The predicted octanol–water partition coefficient (Wildman–Crippen LogP) is 8.11. The summed E-state index contributed by atoms with van der Waals surface area (Å²) in [5, 5.41) is 0. The first kappa shape index (κ1) is 28.1. The normalized spacial score (nSPS) is 14.3. The van der Waals surface area contributed by atoms with Crippen LogP contribution in [-0.4, -0.2) is 17.1 Å². The Balaban J connectivity index is 3.23. The molecule has 0 fully saturated rings. The van der Waals surface area contributed by atoms with E-state index in [0.717, 1.165) is 12.8 Å². The van der Waals surface area contributed by atoms with Crippen molar-refractivity contribution in [2.45, 2.75) is 136 Å². The van der Waals surface area contributed by atoms with Crippen LogP contribution < -0.4 is 0 Å². The van der Waals surface area contributed by atoms with Gasteiger partial charge in [-0.2, -0.15) is 0 Å². The van der Waals surface area contributed by atoms with Gasteiger partial charge in [0.15, 0.2) is 0 Å². The molecule has 0 aromatic rings. The monoisotopic (exact) mass is 422 g/mol. The largest absolute Gasteiger partial charge is 0.500 e. The Hall–Kier alpha value is 0.0700. The molecule has 0 aliphatic rings. The molecule has 1 atom stereocenters. The summed E-state index contributed by atoms with van der Waals surface area (Å²) >= 11 is 0. The minimum Gasteiger partial charge on any atom is -0.301 e. The molecule has 0 aliphatic heterocycles. The molecule has 0 rings (SSSR count). The predicted molar refractivity (Wildman–Crippen MR) is 117 cm³/mol. The summed E-state index contributed by atoms with van der Waals surface area (Å²) in [5.41, 5.74) is -0.748. The van der Waals surface area contributed by atoms with Crippen molar-refractivity contribution in [3.05, 3.63) is 0 Å². The molecule has 170 valence electrons. The number of rotatable bonds is 20. The second-order valence-electron chi connectivity index (χ2n) is 8.87. The van der Waals surface area contributed by atoms with Crippen LogP contribution in [0.25, 0.3) is 0 Å². The molecule has 0 bridgehead atoms. The minimum absolute atomic E-state index is 0.316. The maximum atomic E-state index is 11.6. The summed E-state index contributed by atoms with van der Waals surface area (Å²) in [6.45, 7) is 7.65. The molecule has 1 unspecified atom stereocenters. The van der Waals surface area contributed by atoms with Crippen molar-refractivity contribution in [3.63, 3.8) is 0 Å². The second kappa shape index (κ2) is 17.9. The highest BCUT2D eigenvalue weighted by atomic mass is 31.2. The fourth-order valence-electron chi connectivity index (χ4n) is 3.17.